The van der Waals surface area contributed by atoms with Crippen molar-refractivity contribution in [2.24, 2.45) is 0 Å². The average Bonchev–Trinajstić information content (AvgIpc) is 2.73. The van der Waals surface area contributed by atoms with Crippen LogP contribution in [0, 0.1) is 6.92 Å². The Labute approximate surface area is 115 Å². The molecule has 0 amide bonds. The summed E-state index contributed by atoms with van der Waals surface area (Å²) in [5, 5.41) is 4.06. The molecular formula is C11H11ClN2O2S2. The first-order valence-electron chi connectivity index (χ1n) is 5.11. The standard InChI is InChI=1S/C11H11ClN2O2S2/c1-8-6-17-7-9(8)4-14-18(15,16)11-5-13-3-2-10(11)12/h2-3,5-7,14H,4H2,1H3. The molecule has 0 aliphatic heterocycles. The first kappa shape index (κ1) is 13.5. The lowest BCUT2D eigenvalue weighted by molar-refractivity contribution is 0.581. The highest BCUT2D eigenvalue weighted by Crippen LogP contribution is 2.20. The molecule has 0 radical (unpaired) electrons. The number of hydrogen-bond acceptors (Lipinski definition) is 4. The molecule has 0 saturated heterocycles. The van der Waals surface area contributed by atoms with E-state index in [1.165, 1.54) is 18.5 Å². The van der Waals surface area contributed by atoms with Crippen LogP contribution in [0.2, 0.25) is 5.02 Å². The van der Waals surface area contributed by atoms with Crippen molar-refractivity contribution in [3.63, 3.8) is 0 Å². The van der Waals surface area contributed by atoms with E-state index in [4.69, 9.17) is 11.6 Å². The monoisotopic (exact) mass is 302 g/mol. The molecule has 2 aromatic rings. The van der Waals surface area contributed by atoms with Gasteiger partial charge in [0.2, 0.25) is 10.0 Å². The van der Waals surface area contributed by atoms with E-state index in [-0.39, 0.29) is 16.5 Å². The van der Waals surface area contributed by atoms with E-state index in [1.807, 2.05) is 17.7 Å². The molecule has 0 saturated carbocycles. The number of aryl methyl sites for hydroxylation is 1. The zero-order valence-corrected chi connectivity index (χ0v) is 11.9. The SMILES string of the molecule is Cc1cscc1CNS(=O)(=O)c1cnccc1Cl. The lowest BCUT2D eigenvalue weighted by Crippen LogP contribution is -2.23. The van der Waals surface area contributed by atoms with Crippen LogP contribution in [0.25, 0.3) is 0 Å². The molecule has 0 atom stereocenters. The van der Waals surface area contributed by atoms with Gasteiger partial charge in [0.25, 0.3) is 0 Å². The van der Waals surface area contributed by atoms with Crippen molar-refractivity contribution in [3.05, 3.63) is 45.4 Å². The van der Waals surface area contributed by atoms with E-state index in [2.05, 4.69) is 9.71 Å². The zero-order chi connectivity index (χ0) is 13.2. The Morgan fingerprint density at radius 3 is 2.83 bits per heavy atom. The van der Waals surface area contributed by atoms with Crippen LogP contribution in [-0.2, 0) is 16.6 Å². The van der Waals surface area contributed by atoms with Crippen LogP contribution in [0.5, 0.6) is 0 Å². The van der Waals surface area contributed by atoms with Gasteiger partial charge in [-0.2, -0.15) is 11.3 Å². The lowest BCUT2D eigenvalue weighted by Gasteiger charge is -2.07. The molecule has 0 aliphatic rings. The highest BCUT2D eigenvalue weighted by atomic mass is 35.5. The van der Waals surface area contributed by atoms with Crippen molar-refractivity contribution in [1.29, 1.82) is 0 Å². The first-order valence-corrected chi connectivity index (χ1v) is 7.92. The van der Waals surface area contributed by atoms with Crippen LogP contribution in [-0.4, -0.2) is 13.4 Å². The Morgan fingerprint density at radius 2 is 2.22 bits per heavy atom. The molecule has 0 spiro atoms. The number of hydrogen-bond donors (Lipinski definition) is 1. The summed E-state index contributed by atoms with van der Waals surface area (Å²) in [5.74, 6) is 0. The summed E-state index contributed by atoms with van der Waals surface area (Å²) >= 11 is 7.39. The predicted molar refractivity (Wildman–Crippen MR) is 72.3 cm³/mol. The molecule has 2 rings (SSSR count). The van der Waals surface area contributed by atoms with Crippen molar-refractivity contribution in [2.75, 3.05) is 0 Å². The average molecular weight is 303 g/mol. The van der Waals surface area contributed by atoms with Gasteiger partial charge in [-0.3, -0.25) is 4.98 Å². The summed E-state index contributed by atoms with van der Waals surface area (Å²) in [6.45, 7) is 2.19. The predicted octanol–water partition coefficient (Wildman–Crippen LogP) is 2.58. The summed E-state index contributed by atoms with van der Waals surface area (Å²) in [4.78, 5) is 3.77. The number of nitrogens with one attached hydrogen (secondary N) is 1. The Bertz CT molecular complexity index is 653. The molecule has 2 aromatic heterocycles. The van der Waals surface area contributed by atoms with Crippen molar-refractivity contribution in [2.45, 2.75) is 18.4 Å². The van der Waals surface area contributed by atoms with Gasteiger partial charge in [-0.25, -0.2) is 13.1 Å². The highest BCUT2D eigenvalue weighted by Gasteiger charge is 2.17. The minimum atomic E-state index is -3.62. The van der Waals surface area contributed by atoms with E-state index < -0.39 is 10.0 Å². The van der Waals surface area contributed by atoms with Crippen molar-refractivity contribution in [3.8, 4) is 0 Å². The summed E-state index contributed by atoms with van der Waals surface area (Å²) in [6.07, 6.45) is 2.69. The van der Waals surface area contributed by atoms with Crippen LogP contribution in [0.15, 0.2) is 34.1 Å². The van der Waals surface area contributed by atoms with E-state index >= 15 is 0 Å². The zero-order valence-electron chi connectivity index (χ0n) is 9.55. The second-order valence-electron chi connectivity index (χ2n) is 3.71. The summed E-state index contributed by atoms with van der Waals surface area (Å²) in [7, 11) is -3.62. The van der Waals surface area contributed by atoms with Crippen molar-refractivity contribution < 1.29 is 8.42 Å². The fraction of sp³-hybridized carbons (Fsp3) is 0.182. The normalized spacial score (nSPS) is 11.7. The van der Waals surface area contributed by atoms with Gasteiger partial charge in [-0.05, 0) is 34.9 Å². The van der Waals surface area contributed by atoms with Gasteiger partial charge in [0.05, 0.1) is 5.02 Å². The number of sulfonamides is 1. The maximum atomic E-state index is 12.0. The lowest BCUT2D eigenvalue weighted by atomic mass is 10.2. The third kappa shape index (κ3) is 2.89. The molecule has 7 heteroatoms. The highest BCUT2D eigenvalue weighted by molar-refractivity contribution is 7.89. The number of halogens is 1. The topological polar surface area (TPSA) is 59.1 Å². The van der Waals surface area contributed by atoms with E-state index in [9.17, 15) is 8.42 Å². The number of pyridine rings is 1. The van der Waals surface area contributed by atoms with Gasteiger partial charge in [-0.1, -0.05) is 11.6 Å². The maximum absolute atomic E-state index is 12.0. The summed E-state index contributed by atoms with van der Waals surface area (Å²) < 4.78 is 26.6. The molecule has 18 heavy (non-hydrogen) atoms. The molecule has 96 valence electrons. The number of nitrogens with zero attached hydrogens (tertiary/aromatic N) is 1. The fourth-order valence-corrected chi connectivity index (χ4v) is 3.67. The Kier molecular flexibility index (Phi) is 4.01. The van der Waals surface area contributed by atoms with Gasteiger partial charge in [0.1, 0.15) is 4.90 Å². The second-order valence-corrected chi connectivity index (χ2v) is 6.60. The van der Waals surface area contributed by atoms with Crippen LogP contribution in [0.3, 0.4) is 0 Å². The third-order valence-electron chi connectivity index (χ3n) is 2.44. The van der Waals surface area contributed by atoms with Gasteiger partial charge in [0, 0.05) is 18.9 Å². The minimum absolute atomic E-state index is 0.000417. The molecule has 0 bridgehead atoms. The smallest absolute Gasteiger partial charge is 0.243 e. The van der Waals surface area contributed by atoms with Crippen molar-refractivity contribution in [1.82, 2.24) is 9.71 Å². The maximum Gasteiger partial charge on any atom is 0.243 e. The molecule has 0 unspecified atom stereocenters. The summed E-state index contributed by atoms with van der Waals surface area (Å²) in [6, 6.07) is 1.45. The van der Waals surface area contributed by atoms with Gasteiger partial charge >= 0.3 is 0 Å². The Hall–Kier alpha value is -0.950. The molecule has 0 aromatic carbocycles. The van der Waals surface area contributed by atoms with Crippen molar-refractivity contribution >= 4 is 33.0 Å². The number of thiophene rings is 1. The summed E-state index contributed by atoms with van der Waals surface area (Å²) in [5.41, 5.74) is 2.03. The van der Waals surface area contributed by atoms with E-state index in [0.29, 0.717) is 0 Å². The molecule has 0 aliphatic carbocycles. The van der Waals surface area contributed by atoms with Crippen LogP contribution >= 0.6 is 22.9 Å². The van der Waals surface area contributed by atoms with Crippen LogP contribution < -0.4 is 4.72 Å². The number of aromatic nitrogens is 1. The Morgan fingerprint density at radius 1 is 1.44 bits per heavy atom. The van der Waals surface area contributed by atoms with Crippen LogP contribution in [0.1, 0.15) is 11.1 Å². The van der Waals surface area contributed by atoms with E-state index in [0.717, 1.165) is 11.1 Å². The number of rotatable bonds is 4. The fourth-order valence-electron chi connectivity index (χ4n) is 1.38. The van der Waals surface area contributed by atoms with Gasteiger partial charge < -0.3 is 0 Å². The molecule has 0 fully saturated rings. The molecular weight excluding hydrogens is 292 g/mol. The molecule has 2 heterocycles. The Balaban J connectivity index is 2.19. The molecule has 4 nitrogen and oxygen atoms in total. The largest absolute Gasteiger partial charge is 0.263 e. The van der Waals surface area contributed by atoms with Crippen LogP contribution in [0.4, 0.5) is 0 Å². The quantitative estimate of drug-likeness (QED) is 0.944. The van der Waals surface area contributed by atoms with Gasteiger partial charge in [-0.15, -0.1) is 0 Å². The van der Waals surface area contributed by atoms with Gasteiger partial charge in [0.15, 0.2) is 0 Å². The minimum Gasteiger partial charge on any atom is -0.263 e. The molecule has 1 N–H and O–H groups in total. The second kappa shape index (κ2) is 5.36. The third-order valence-corrected chi connectivity index (χ3v) is 5.22. The first-order chi connectivity index (χ1) is 8.50. The van der Waals surface area contributed by atoms with E-state index in [1.54, 1.807) is 11.3 Å².